The predicted molar refractivity (Wildman–Crippen MR) is 86.4 cm³/mol. The van der Waals surface area contributed by atoms with Crippen molar-refractivity contribution in [3.8, 4) is 5.75 Å². The second kappa shape index (κ2) is 9.78. The highest BCUT2D eigenvalue weighted by Gasteiger charge is 2.16. The number of hydrogen-bond donors (Lipinski definition) is 1. The molecule has 0 heterocycles. The molecule has 0 radical (unpaired) electrons. The second-order valence-electron chi connectivity index (χ2n) is 5.20. The molecule has 1 N–H and O–H groups in total. The molecule has 0 saturated heterocycles. The van der Waals surface area contributed by atoms with Crippen LogP contribution in [0.4, 0.5) is 0 Å². The topological polar surface area (TPSA) is 24.5 Å². The summed E-state index contributed by atoms with van der Waals surface area (Å²) in [5, 5.41) is 3.58. The number of ether oxygens (including phenoxy) is 1. The van der Waals surface area contributed by atoms with Gasteiger partial charge in [-0.3, -0.25) is 0 Å². The molecule has 0 saturated carbocycles. The third-order valence-corrected chi connectivity index (χ3v) is 3.43. The Kier molecular flexibility index (Phi) is 8.31. The lowest BCUT2D eigenvalue weighted by atomic mass is 10.0. The first-order valence-corrected chi connectivity index (χ1v) is 7.86. The molecule has 0 bridgehead atoms. The van der Waals surface area contributed by atoms with Crippen molar-refractivity contribution in [1.82, 2.24) is 10.2 Å². The number of likely N-dealkylation sites (N-methyl/N-ethyl adjacent to an activating group) is 2. The molecular formula is C17H30N2O. The van der Waals surface area contributed by atoms with Gasteiger partial charge in [-0.05, 0) is 39.5 Å². The molecule has 114 valence electrons. The van der Waals surface area contributed by atoms with E-state index in [0.717, 1.165) is 25.4 Å². The van der Waals surface area contributed by atoms with Crippen molar-refractivity contribution in [3.05, 3.63) is 29.8 Å². The first-order valence-electron chi connectivity index (χ1n) is 7.86. The number of nitrogens with one attached hydrogen (secondary N) is 1. The van der Waals surface area contributed by atoms with Crippen molar-refractivity contribution in [3.63, 3.8) is 0 Å². The van der Waals surface area contributed by atoms with Crippen molar-refractivity contribution in [2.45, 2.75) is 39.7 Å². The Morgan fingerprint density at radius 3 is 2.60 bits per heavy atom. The second-order valence-corrected chi connectivity index (χ2v) is 5.20. The number of rotatable bonds is 10. The van der Waals surface area contributed by atoms with Gasteiger partial charge in [0.05, 0.1) is 6.61 Å². The van der Waals surface area contributed by atoms with E-state index in [-0.39, 0.29) is 0 Å². The van der Waals surface area contributed by atoms with Crippen molar-refractivity contribution in [2.24, 2.45) is 0 Å². The van der Waals surface area contributed by atoms with E-state index in [0.29, 0.717) is 12.6 Å². The molecule has 1 unspecified atom stereocenters. The van der Waals surface area contributed by atoms with Crippen LogP contribution in [0.25, 0.3) is 0 Å². The summed E-state index contributed by atoms with van der Waals surface area (Å²) in [5.41, 5.74) is 1.26. The van der Waals surface area contributed by atoms with E-state index in [9.17, 15) is 0 Å². The third kappa shape index (κ3) is 5.51. The van der Waals surface area contributed by atoms with E-state index < -0.39 is 0 Å². The maximum absolute atomic E-state index is 5.77. The van der Waals surface area contributed by atoms with Gasteiger partial charge in [-0.25, -0.2) is 0 Å². The molecule has 1 aromatic carbocycles. The Labute approximate surface area is 124 Å². The fourth-order valence-corrected chi connectivity index (χ4v) is 2.41. The monoisotopic (exact) mass is 278 g/mol. The maximum atomic E-state index is 5.77. The van der Waals surface area contributed by atoms with E-state index in [1.54, 1.807) is 0 Å². The molecule has 0 spiro atoms. The van der Waals surface area contributed by atoms with Gasteiger partial charge in [-0.15, -0.1) is 0 Å². The van der Waals surface area contributed by atoms with E-state index in [4.69, 9.17) is 4.74 Å². The van der Waals surface area contributed by atoms with Crippen molar-refractivity contribution < 1.29 is 4.74 Å². The molecule has 0 fully saturated rings. The molecular weight excluding hydrogens is 248 g/mol. The zero-order valence-corrected chi connectivity index (χ0v) is 13.5. The average molecular weight is 278 g/mol. The van der Waals surface area contributed by atoms with Crippen LogP contribution in [0.3, 0.4) is 0 Å². The first kappa shape index (κ1) is 17.0. The summed E-state index contributed by atoms with van der Waals surface area (Å²) >= 11 is 0. The quantitative estimate of drug-likeness (QED) is 0.709. The summed E-state index contributed by atoms with van der Waals surface area (Å²) in [7, 11) is 2.20. The predicted octanol–water partition coefficient (Wildman–Crippen LogP) is 3.47. The van der Waals surface area contributed by atoms with Gasteiger partial charge in [0.25, 0.3) is 0 Å². The van der Waals surface area contributed by atoms with Gasteiger partial charge in [0.15, 0.2) is 0 Å². The summed E-state index contributed by atoms with van der Waals surface area (Å²) in [4.78, 5) is 2.40. The normalized spacial score (nSPS) is 12.7. The molecule has 1 rings (SSSR count). The van der Waals surface area contributed by atoms with Crippen molar-refractivity contribution in [2.75, 3.05) is 33.3 Å². The number of hydrogen-bond acceptors (Lipinski definition) is 3. The third-order valence-electron chi connectivity index (χ3n) is 3.43. The van der Waals surface area contributed by atoms with Crippen LogP contribution in [0.15, 0.2) is 24.3 Å². The van der Waals surface area contributed by atoms with Gasteiger partial charge < -0.3 is 15.0 Å². The van der Waals surface area contributed by atoms with Gasteiger partial charge in [-0.1, -0.05) is 38.5 Å². The highest BCUT2D eigenvalue weighted by Crippen LogP contribution is 2.25. The Balaban J connectivity index is 2.78. The fourth-order valence-electron chi connectivity index (χ4n) is 2.41. The maximum Gasteiger partial charge on any atom is 0.124 e. The minimum atomic E-state index is 0.324. The lowest BCUT2D eigenvalue weighted by Crippen LogP contribution is -2.33. The van der Waals surface area contributed by atoms with Crippen LogP contribution < -0.4 is 10.1 Å². The number of benzene rings is 1. The standard InChI is InChI=1S/C17H30N2O/c1-5-8-13-19(4)14-16(18-6-2)15-11-9-10-12-17(15)20-7-3/h9-12,16,18H,5-8,13-14H2,1-4H3. The molecule has 0 aliphatic carbocycles. The largest absolute Gasteiger partial charge is 0.494 e. The molecule has 0 aliphatic heterocycles. The number of para-hydroxylation sites is 1. The molecule has 0 aliphatic rings. The number of nitrogens with zero attached hydrogens (tertiary/aromatic N) is 1. The smallest absolute Gasteiger partial charge is 0.124 e. The zero-order valence-electron chi connectivity index (χ0n) is 13.5. The molecule has 3 heteroatoms. The molecule has 0 aromatic heterocycles. The molecule has 0 amide bonds. The minimum absolute atomic E-state index is 0.324. The fraction of sp³-hybridized carbons (Fsp3) is 0.647. The van der Waals surface area contributed by atoms with Gasteiger partial charge in [0.2, 0.25) is 0 Å². The SMILES string of the molecule is CCCCN(C)CC(NCC)c1ccccc1OCC. The first-order chi connectivity index (χ1) is 9.72. The minimum Gasteiger partial charge on any atom is -0.494 e. The van der Waals surface area contributed by atoms with E-state index in [1.165, 1.54) is 18.4 Å². The zero-order chi connectivity index (χ0) is 14.8. The van der Waals surface area contributed by atoms with Crippen LogP contribution in [-0.2, 0) is 0 Å². The van der Waals surface area contributed by atoms with Crippen LogP contribution in [-0.4, -0.2) is 38.2 Å². The van der Waals surface area contributed by atoms with Crippen molar-refractivity contribution in [1.29, 1.82) is 0 Å². The molecule has 1 aromatic rings. The van der Waals surface area contributed by atoms with E-state index >= 15 is 0 Å². The molecule has 20 heavy (non-hydrogen) atoms. The van der Waals surface area contributed by atoms with Crippen LogP contribution >= 0.6 is 0 Å². The summed E-state index contributed by atoms with van der Waals surface area (Å²) in [5.74, 6) is 1.00. The van der Waals surface area contributed by atoms with E-state index in [2.05, 4.69) is 49.3 Å². The van der Waals surface area contributed by atoms with Gasteiger partial charge in [-0.2, -0.15) is 0 Å². The lowest BCUT2D eigenvalue weighted by molar-refractivity contribution is 0.279. The van der Waals surface area contributed by atoms with Gasteiger partial charge in [0.1, 0.15) is 5.75 Å². The Hall–Kier alpha value is -1.06. The Bertz CT molecular complexity index is 368. The average Bonchev–Trinajstić information content (AvgIpc) is 2.46. The Morgan fingerprint density at radius 1 is 1.20 bits per heavy atom. The number of unbranched alkanes of at least 4 members (excludes halogenated alkanes) is 1. The van der Waals surface area contributed by atoms with Gasteiger partial charge in [0, 0.05) is 18.2 Å². The summed E-state index contributed by atoms with van der Waals surface area (Å²) in [6, 6.07) is 8.69. The van der Waals surface area contributed by atoms with Crippen molar-refractivity contribution >= 4 is 0 Å². The molecule has 3 nitrogen and oxygen atoms in total. The molecule has 1 atom stereocenters. The summed E-state index contributed by atoms with van der Waals surface area (Å²) < 4.78 is 5.77. The Morgan fingerprint density at radius 2 is 1.95 bits per heavy atom. The summed E-state index contributed by atoms with van der Waals surface area (Å²) in [6.45, 7) is 10.3. The van der Waals surface area contributed by atoms with Gasteiger partial charge >= 0.3 is 0 Å². The van der Waals surface area contributed by atoms with Crippen LogP contribution in [0.2, 0.25) is 0 Å². The summed E-state index contributed by atoms with van der Waals surface area (Å²) in [6.07, 6.45) is 2.49. The highest BCUT2D eigenvalue weighted by molar-refractivity contribution is 5.36. The van der Waals surface area contributed by atoms with Crippen LogP contribution in [0, 0.1) is 0 Å². The lowest BCUT2D eigenvalue weighted by Gasteiger charge is -2.26. The van der Waals surface area contributed by atoms with Crippen LogP contribution in [0.5, 0.6) is 5.75 Å². The van der Waals surface area contributed by atoms with E-state index in [1.807, 2.05) is 13.0 Å². The van der Waals surface area contributed by atoms with Crippen LogP contribution in [0.1, 0.15) is 45.2 Å². The highest BCUT2D eigenvalue weighted by atomic mass is 16.5.